The third kappa shape index (κ3) is 2.07. The number of methoxy groups -OCH3 is 1. The van der Waals surface area contributed by atoms with E-state index in [1.807, 2.05) is 53.0 Å². The first kappa shape index (κ1) is 12.8. The number of ether oxygens (including phenoxy) is 1. The maximum absolute atomic E-state index is 12.7. The van der Waals surface area contributed by atoms with Crippen LogP contribution in [0.5, 0.6) is 5.75 Å². The fourth-order valence-corrected chi connectivity index (χ4v) is 2.73. The van der Waals surface area contributed by atoms with Crippen LogP contribution < -0.4 is 9.64 Å². The predicted octanol–water partition coefficient (Wildman–Crippen LogP) is 2.63. The van der Waals surface area contributed by atoms with Crippen molar-refractivity contribution in [2.24, 2.45) is 7.05 Å². The van der Waals surface area contributed by atoms with Gasteiger partial charge in [0.2, 0.25) is 0 Å². The number of aromatic nitrogens is 1. The van der Waals surface area contributed by atoms with E-state index in [1.165, 1.54) is 5.56 Å². The van der Waals surface area contributed by atoms with Crippen molar-refractivity contribution in [1.29, 1.82) is 0 Å². The summed E-state index contributed by atoms with van der Waals surface area (Å²) in [5.41, 5.74) is 2.90. The van der Waals surface area contributed by atoms with Gasteiger partial charge in [0.1, 0.15) is 11.4 Å². The zero-order valence-corrected chi connectivity index (χ0v) is 11.8. The molecule has 1 aliphatic rings. The minimum atomic E-state index is 0.0589. The Morgan fingerprint density at radius 1 is 1.30 bits per heavy atom. The van der Waals surface area contributed by atoms with Crippen LogP contribution in [0.25, 0.3) is 0 Å². The summed E-state index contributed by atoms with van der Waals surface area (Å²) in [7, 11) is 3.56. The van der Waals surface area contributed by atoms with E-state index in [0.717, 1.165) is 30.8 Å². The third-order valence-electron chi connectivity index (χ3n) is 3.81. The summed E-state index contributed by atoms with van der Waals surface area (Å²) in [6, 6.07) is 9.68. The van der Waals surface area contributed by atoms with E-state index in [9.17, 15) is 4.79 Å². The van der Waals surface area contributed by atoms with Gasteiger partial charge >= 0.3 is 0 Å². The normalized spacial score (nSPS) is 14.0. The highest BCUT2D eigenvalue weighted by Gasteiger charge is 2.25. The van der Waals surface area contributed by atoms with E-state index in [0.29, 0.717) is 5.69 Å². The molecule has 4 heteroatoms. The average molecular weight is 270 g/mol. The second-order valence-corrected chi connectivity index (χ2v) is 5.06. The number of rotatable bonds is 2. The molecule has 0 bridgehead atoms. The molecule has 20 heavy (non-hydrogen) atoms. The summed E-state index contributed by atoms with van der Waals surface area (Å²) in [6.45, 7) is 0.767. The Hall–Kier alpha value is -2.23. The van der Waals surface area contributed by atoms with Gasteiger partial charge in [-0.1, -0.05) is 0 Å². The van der Waals surface area contributed by atoms with E-state index in [1.54, 1.807) is 7.11 Å². The van der Waals surface area contributed by atoms with E-state index in [4.69, 9.17) is 4.74 Å². The third-order valence-corrected chi connectivity index (χ3v) is 3.81. The number of amides is 1. The molecule has 104 valence electrons. The Labute approximate surface area is 118 Å². The molecule has 0 saturated heterocycles. The minimum absolute atomic E-state index is 0.0589. The van der Waals surface area contributed by atoms with Crippen molar-refractivity contribution in [2.75, 3.05) is 18.6 Å². The van der Waals surface area contributed by atoms with Crippen LogP contribution in [0.1, 0.15) is 22.5 Å². The van der Waals surface area contributed by atoms with Gasteiger partial charge in [-0.05, 0) is 48.7 Å². The van der Waals surface area contributed by atoms with E-state index >= 15 is 0 Å². The number of aryl methyl sites for hydroxylation is 2. The summed E-state index contributed by atoms with van der Waals surface area (Å²) in [4.78, 5) is 14.5. The first-order valence-corrected chi connectivity index (χ1v) is 6.81. The quantitative estimate of drug-likeness (QED) is 0.840. The molecule has 0 aliphatic carbocycles. The van der Waals surface area contributed by atoms with Gasteiger partial charge in [0, 0.05) is 25.5 Å². The molecule has 0 atom stereocenters. The number of carbonyl (C=O) groups is 1. The van der Waals surface area contributed by atoms with E-state index in [2.05, 4.69) is 0 Å². The fraction of sp³-hybridized carbons (Fsp3) is 0.312. The Morgan fingerprint density at radius 2 is 2.15 bits per heavy atom. The second-order valence-electron chi connectivity index (χ2n) is 5.06. The van der Waals surface area contributed by atoms with Crippen molar-refractivity contribution >= 4 is 11.6 Å². The Balaban J connectivity index is 1.98. The van der Waals surface area contributed by atoms with Gasteiger partial charge in [0.15, 0.2) is 0 Å². The van der Waals surface area contributed by atoms with Crippen LogP contribution in [0.2, 0.25) is 0 Å². The molecule has 0 saturated carbocycles. The van der Waals surface area contributed by atoms with Crippen molar-refractivity contribution in [3.8, 4) is 5.75 Å². The molecule has 1 amide bonds. The number of nitrogens with zero attached hydrogens (tertiary/aromatic N) is 2. The summed E-state index contributed by atoms with van der Waals surface area (Å²) in [6.07, 6.45) is 3.87. The predicted molar refractivity (Wildman–Crippen MR) is 78.4 cm³/mol. The zero-order chi connectivity index (χ0) is 14.1. The van der Waals surface area contributed by atoms with Gasteiger partial charge in [-0.25, -0.2) is 0 Å². The molecule has 0 spiro atoms. The van der Waals surface area contributed by atoms with Crippen molar-refractivity contribution in [1.82, 2.24) is 4.57 Å². The molecule has 4 nitrogen and oxygen atoms in total. The highest BCUT2D eigenvalue weighted by molar-refractivity contribution is 6.05. The molecular formula is C16H18N2O2. The number of benzene rings is 1. The SMILES string of the molecule is COc1ccc2c(c1)CCCN2C(=O)c1cccn1C. The largest absolute Gasteiger partial charge is 0.497 e. The molecule has 2 aromatic rings. The van der Waals surface area contributed by atoms with Crippen molar-refractivity contribution in [2.45, 2.75) is 12.8 Å². The Kier molecular flexibility index (Phi) is 3.22. The minimum Gasteiger partial charge on any atom is -0.497 e. The fourth-order valence-electron chi connectivity index (χ4n) is 2.73. The average Bonchev–Trinajstić information content (AvgIpc) is 2.91. The molecule has 1 aromatic carbocycles. The standard InChI is InChI=1S/C16H18N2O2/c1-17-9-4-6-15(17)16(19)18-10-3-5-12-11-13(20-2)7-8-14(12)18/h4,6-9,11H,3,5,10H2,1-2H3. The van der Waals surface area contributed by atoms with Gasteiger partial charge in [0.05, 0.1) is 7.11 Å². The van der Waals surface area contributed by atoms with Crippen LogP contribution in [-0.2, 0) is 13.5 Å². The smallest absolute Gasteiger partial charge is 0.274 e. The molecule has 3 rings (SSSR count). The van der Waals surface area contributed by atoms with Gasteiger partial charge in [0.25, 0.3) is 5.91 Å². The van der Waals surface area contributed by atoms with Gasteiger partial charge < -0.3 is 14.2 Å². The molecule has 2 heterocycles. The molecule has 0 unspecified atom stereocenters. The number of anilines is 1. The summed E-state index contributed by atoms with van der Waals surface area (Å²) in [5, 5.41) is 0. The lowest BCUT2D eigenvalue weighted by Gasteiger charge is -2.29. The summed E-state index contributed by atoms with van der Waals surface area (Å²) in [5.74, 6) is 0.903. The van der Waals surface area contributed by atoms with Crippen LogP contribution in [0.15, 0.2) is 36.5 Å². The zero-order valence-electron chi connectivity index (χ0n) is 11.8. The summed E-state index contributed by atoms with van der Waals surface area (Å²) < 4.78 is 7.12. The first-order valence-electron chi connectivity index (χ1n) is 6.81. The maximum Gasteiger partial charge on any atom is 0.274 e. The molecule has 0 N–H and O–H groups in total. The number of fused-ring (bicyclic) bond motifs is 1. The highest BCUT2D eigenvalue weighted by atomic mass is 16.5. The molecule has 1 aromatic heterocycles. The first-order chi connectivity index (χ1) is 9.70. The van der Waals surface area contributed by atoms with Crippen LogP contribution in [-0.4, -0.2) is 24.1 Å². The number of hydrogen-bond donors (Lipinski definition) is 0. The van der Waals surface area contributed by atoms with Crippen molar-refractivity contribution in [3.05, 3.63) is 47.8 Å². The summed E-state index contributed by atoms with van der Waals surface area (Å²) >= 11 is 0. The lowest BCUT2D eigenvalue weighted by atomic mass is 10.0. The molecular weight excluding hydrogens is 252 g/mol. The Bertz CT molecular complexity index is 646. The van der Waals surface area contributed by atoms with Crippen molar-refractivity contribution in [3.63, 3.8) is 0 Å². The molecule has 0 radical (unpaired) electrons. The highest BCUT2D eigenvalue weighted by Crippen LogP contribution is 2.31. The van der Waals surface area contributed by atoms with E-state index in [-0.39, 0.29) is 5.91 Å². The molecule has 1 aliphatic heterocycles. The van der Waals surface area contributed by atoms with Gasteiger partial charge in [-0.3, -0.25) is 4.79 Å². The van der Waals surface area contributed by atoms with Crippen LogP contribution in [0.4, 0.5) is 5.69 Å². The van der Waals surface area contributed by atoms with Crippen LogP contribution in [0, 0.1) is 0 Å². The van der Waals surface area contributed by atoms with E-state index < -0.39 is 0 Å². The monoisotopic (exact) mass is 270 g/mol. The number of carbonyl (C=O) groups excluding carboxylic acids is 1. The molecule has 0 fully saturated rings. The van der Waals surface area contributed by atoms with Crippen molar-refractivity contribution < 1.29 is 9.53 Å². The van der Waals surface area contributed by atoms with Gasteiger partial charge in [-0.2, -0.15) is 0 Å². The number of hydrogen-bond acceptors (Lipinski definition) is 2. The Morgan fingerprint density at radius 3 is 2.85 bits per heavy atom. The van der Waals surface area contributed by atoms with Crippen LogP contribution in [0.3, 0.4) is 0 Å². The lowest BCUT2D eigenvalue weighted by molar-refractivity contribution is 0.0977. The second kappa shape index (κ2) is 5.04. The maximum atomic E-state index is 12.7. The topological polar surface area (TPSA) is 34.5 Å². The lowest BCUT2D eigenvalue weighted by Crippen LogP contribution is -2.36. The van der Waals surface area contributed by atoms with Crippen LogP contribution >= 0.6 is 0 Å². The van der Waals surface area contributed by atoms with Gasteiger partial charge in [-0.15, -0.1) is 0 Å².